The zero-order valence-electron chi connectivity index (χ0n) is 6.47. The zero-order chi connectivity index (χ0) is 8.55. The molecule has 1 aromatic heterocycles. The maximum Gasteiger partial charge on any atom is 0.0474 e. The average Bonchev–Trinajstić information content (AvgIpc) is 2.44. The van der Waals surface area contributed by atoms with Gasteiger partial charge in [0.2, 0.25) is 0 Å². The van der Waals surface area contributed by atoms with E-state index in [2.05, 4.69) is 27.0 Å². The van der Waals surface area contributed by atoms with Gasteiger partial charge in [0.05, 0.1) is 0 Å². The predicted molar refractivity (Wildman–Crippen MR) is 53.9 cm³/mol. The van der Waals surface area contributed by atoms with Gasteiger partial charge in [-0.2, -0.15) is 0 Å². The fraction of sp³-hybridized carbons (Fsp3) is 0.111. The highest BCUT2D eigenvalue weighted by atomic mass is 79.9. The van der Waals surface area contributed by atoms with E-state index in [9.17, 15) is 0 Å². The van der Waals surface area contributed by atoms with E-state index in [0.717, 1.165) is 15.7 Å². The molecular formula is C9H9BrN2. The summed E-state index contributed by atoms with van der Waals surface area (Å²) in [4.78, 5) is 3.24. The van der Waals surface area contributed by atoms with Crippen LogP contribution in [0.1, 0.15) is 5.69 Å². The van der Waals surface area contributed by atoms with Gasteiger partial charge >= 0.3 is 0 Å². The van der Waals surface area contributed by atoms with Crippen LogP contribution in [0.25, 0.3) is 10.9 Å². The minimum atomic E-state index is 0.537. The van der Waals surface area contributed by atoms with Crippen molar-refractivity contribution >= 4 is 26.8 Å². The van der Waals surface area contributed by atoms with E-state index >= 15 is 0 Å². The molecule has 0 radical (unpaired) electrons. The van der Waals surface area contributed by atoms with Crippen molar-refractivity contribution in [3.63, 3.8) is 0 Å². The fourth-order valence-electron chi connectivity index (χ4n) is 1.30. The van der Waals surface area contributed by atoms with E-state index in [1.807, 2.05) is 18.2 Å². The van der Waals surface area contributed by atoms with Crippen molar-refractivity contribution in [3.8, 4) is 0 Å². The molecule has 0 aliphatic rings. The van der Waals surface area contributed by atoms with Crippen LogP contribution in [0.15, 0.2) is 28.7 Å². The van der Waals surface area contributed by atoms with Crippen LogP contribution < -0.4 is 5.73 Å². The van der Waals surface area contributed by atoms with Crippen LogP contribution in [0.2, 0.25) is 0 Å². The summed E-state index contributed by atoms with van der Waals surface area (Å²) in [5.74, 6) is 0. The molecular weight excluding hydrogens is 216 g/mol. The number of hydrogen-bond acceptors (Lipinski definition) is 1. The summed E-state index contributed by atoms with van der Waals surface area (Å²) in [7, 11) is 0. The molecule has 0 aliphatic heterocycles. The Morgan fingerprint density at radius 1 is 1.33 bits per heavy atom. The maximum atomic E-state index is 5.55. The largest absolute Gasteiger partial charge is 0.356 e. The first-order valence-corrected chi connectivity index (χ1v) is 4.57. The minimum absolute atomic E-state index is 0.537. The number of nitrogens with one attached hydrogen (secondary N) is 1. The number of rotatable bonds is 1. The molecule has 3 N–H and O–H groups in total. The lowest BCUT2D eigenvalue weighted by atomic mass is 10.2. The first-order valence-electron chi connectivity index (χ1n) is 3.78. The van der Waals surface area contributed by atoms with Crippen molar-refractivity contribution in [3.05, 3.63) is 34.4 Å². The summed E-state index contributed by atoms with van der Waals surface area (Å²) in [6.45, 7) is 0.537. The second-order valence-electron chi connectivity index (χ2n) is 2.67. The quantitative estimate of drug-likeness (QED) is 0.768. The molecule has 0 spiro atoms. The number of aromatic amines is 1. The van der Waals surface area contributed by atoms with E-state index in [1.54, 1.807) is 0 Å². The van der Waals surface area contributed by atoms with Gasteiger partial charge in [0.1, 0.15) is 0 Å². The van der Waals surface area contributed by atoms with Gasteiger partial charge in [0, 0.05) is 27.6 Å². The van der Waals surface area contributed by atoms with Crippen molar-refractivity contribution in [1.82, 2.24) is 4.98 Å². The maximum absolute atomic E-state index is 5.55. The predicted octanol–water partition coefficient (Wildman–Crippen LogP) is 2.39. The number of fused-ring (bicyclic) bond motifs is 1. The van der Waals surface area contributed by atoms with Crippen molar-refractivity contribution in [2.75, 3.05) is 0 Å². The second-order valence-corrected chi connectivity index (χ2v) is 3.46. The number of para-hydroxylation sites is 1. The van der Waals surface area contributed by atoms with Gasteiger partial charge in [-0.1, -0.05) is 18.2 Å². The topological polar surface area (TPSA) is 41.8 Å². The Labute approximate surface area is 78.9 Å². The van der Waals surface area contributed by atoms with Crippen LogP contribution in [0.5, 0.6) is 0 Å². The van der Waals surface area contributed by atoms with Crippen LogP contribution in [-0.4, -0.2) is 4.98 Å². The smallest absolute Gasteiger partial charge is 0.0474 e. The van der Waals surface area contributed by atoms with Crippen molar-refractivity contribution in [2.24, 2.45) is 5.73 Å². The van der Waals surface area contributed by atoms with Gasteiger partial charge < -0.3 is 10.7 Å². The molecule has 0 bridgehead atoms. The monoisotopic (exact) mass is 224 g/mol. The van der Waals surface area contributed by atoms with E-state index in [-0.39, 0.29) is 0 Å². The van der Waals surface area contributed by atoms with Gasteiger partial charge in [0.25, 0.3) is 0 Å². The molecule has 0 aliphatic carbocycles. The Kier molecular flexibility index (Phi) is 1.90. The van der Waals surface area contributed by atoms with E-state index in [4.69, 9.17) is 5.73 Å². The number of halogens is 1. The van der Waals surface area contributed by atoms with Crippen LogP contribution in [-0.2, 0) is 6.54 Å². The number of benzene rings is 1. The molecule has 0 unspecified atom stereocenters. The second kappa shape index (κ2) is 2.92. The first-order chi connectivity index (χ1) is 5.83. The Morgan fingerprint density at radius 3 is 2.75 bits per heavy atom. The molecule has 2 nitrogen and oxygen atoms in total. The highest BCUT2D eigenvalue weighted by Gasteiger charge is 2.05. The van der Waals surface area contributed by atoms with Crippen LogP contribution in [0.4, 0.5) is 0 Å². The highest BCUT2D eigenvalue weighted by molar-refractivity contribution is 9.10. The van der Waals surface area contributed by atoms with Crippen LogP contribution >= 0.6 is 15.9 Å². The van der Waals surface area contributed by atoms with Crippen molar-refractivity contribution in [1.29, 1.82) is 0 Å². The first kappa shape index (κ1) is 7.83. The number of nitrogens with two attached hydrogens (primary N) is 1. The van der Waals surface area contributed by atoms with E-state index in [0.29, 0.717) is 6.54 Å². The van der Waals surface area contributed by atoms with E-state index < -0.39 is 0 Å². The molecule has 1 aromatic carbocycles. The Morgan fingerprint density at radius 2 is 2.08 bits per heavy atom. The SMILES string of the molecule is NCc1[nH]c2ccccc2c1Br. The van der Waals surface area contributed by atoms with Gasteiger partial charge in [-0.25, -0.2) is 0 Å². The summed E-state index contributed by atoms with van der Waals surface area (Å²) < 4.78 is 1.08. The lowest BCUT2D eigenvalue weighted by molar-refractivity contribution is 1.01. The molecule has 0 amide bonds. The normalized spacial score (nSPS) is 10.8. The third-order valence-electron chi connectivity index (χ3n) is 1.92. The number of aromatic nitrogens is 1. The third-order valence-corrected chi connectivity index (χ3v) is 2.82. The van der Waals surface area contributed by atoms with Crippen LogP contribution in [0.3, 0.4) is 0 Å². The zero-order valence-corrected chi connectivity index (χ0v) is 8.06. The fourth-order valence-corrected chi connectivity index (χ4v) is 1.91. The van der Waals surface area contributed by atoms with E-state index in [1.165, 1.54) is 5.39 Å². The summed E-state index contributed by atoms with van der Waals surface area (Å²) >= 11 is 3.50. The molecule has 62 valence electrons. The summed E-state index contributed by atoms with van der Waals surface area (Å²) in [6, 6.07) is 8.13. The van der Waals surface area contributed by atoms with Gasteiger partial charge in [-0.15, -0.1) is 0 Å². The summed E-state index contributed by atoms with van der Waals surface area (Å²) in [6.07, 6.45) is 0. The molecule has 0 saturated heterocycles. The molecule has 0 saturated carbocycles. The molecule has 2 aromatic rings. The molecule has 12 heavy (non-hydrogen) atoms. The standard InChI is InChI=1S/C9H9BrN2/c10-9-6-3-1-2-4-7(6)12-8(9)5-11/h1-4,12H,5,11H2. The summed E-state index contributed by atoms with van der Waals surface area (Å²) in [5.41, 5.74) is 7.73. The lowest BCUT2D eigenvalue weighted by Crippen LogP contribution is -1.96. The van der Waals surface area contributed by atoms with Crippen molar-refractivity contribution in [2.45, 2.75) is 6.54 Å². The molecule has 0 fully saturated rings. The molecule has 1 heterocycles. The molecule has 0 atom stereocenters. The van der Waals surface area contributed by atoms with Gasteiger partial charge in [0.15, 0.2) is 0 Å². The number of H-pyrrole nitrogens is 1. The molecule has 2 rings (SSSR count). The Hall–Kier alpha value is -0.800. The third kappa shape index (κ3) is 1.06. The minimum Gasteiger partial charge on any atom is -0.356 e. The Bertz CT molecular complexity index is 406. The van der Waals surface area contributed by atoms with Crippen LogP contribution in [0, 0.1) is 0 Å². The Balaban J connectivity index is 2.78. The summed E-state index contributed by atoms with van der Waals surface area (Å²) in [5, 5.41) is 1.19. The average molecular weight is 225 g/mol. The highest BCUT2D eigenvalue weighted by Crippen LogP contribution is 2.26. The van der Waals surface area contributed by atoms with Crippen molar-refractivity contribution < 1.29 is 0 Å². The lowest BCUT2D eigenvalue weighted by Gasteiger charge is -1.89. The van der Waals surface area contributed by atoms with Gasteiger partial charge in [-0.3, -0.25) is 0 Å². The number of hydrogen-bond donors (Lipinski definition) is 2. The van der Waals surface area contributed by atoms with Gasteiger partial charge in [-0.05, 0) is 22.0 Å². The molecule has 3 heteroatoms.